The Balaban J connectivity index is 1.57. The summed E-state index contributed by atoms with van der Waals surface area (Å²) in [6.07, 6.45) is -3.90. The number of hydrogen-bond donors (Lipinski definition) is 1. The van der Waals surface area contributed by atoms with Gasteiger partial charge >= 0.3 is 6.18 Å². The molecular weight excluding hydrogens is 395 g/mol. The van der Waals surface area contributed by atoms with Crippen molar-refractivity contribution >= 4 is 11.7 Å². The maximum absolute atomic E-state index is 12.9. The maximum Gasteiger partial charge on any atom is 0.433 e. The highest BCUT2D eigenvalue weighted by molar-refractivity contribution is 5.78. The Morgan fingerprint density at radius 1 is 1.17 bits per heavy atom. The third-order valence-electron chi connectivity index (χ3n) is 5.06. The fourth-order valence-electron chi connectivity index (χ4n) is 3.28. The number of ether oxygens (including phenoxy) is 1. The van der Waals surface area contributed by atoms with Crippen LogP contribution in [0.4, 0.5) is 19.0 Å². The van der Waals surface area contributed by atoms with Crippen LogP contribution in [-0.4, -0.2) is 30.1 Å². The summed E-state index contributed by atoms with van der Waals surface area (Å²) in [4.78, 5) is 17.4. The molecule has 162 valence electrons. The fourth-order valence-corrected chi connectivity index (χ4v) is 3.28. The number of benzene rings is 1. The van der Waals surface area contributed by atoms with E-state index in [-0.39, 0.29) is 24.0 Å². The molecule has 5 nitrogen and oxygen atoms in total. The van der Waals surface area contributed by atoms with E-state index < -0.39 is 11.9 Å². The molecule has 0 radical (unpaired) electrons. The van der Waals surface area contributed by atoms with E-state index in [0.29, 0.717) is 31.1 Å². The molecule has 8 heteroatoms. The smallest absolute Gasteiger partial charge is 0.433 e. The van der Waals surface area contributed by atoms with E-state index in [1.54, 1.807) is 11.0 Å². The molecular formula is C22H26F3N3O2. The van der Waals surface area contributed by atoms with Crippen molar-refractivity contribution in [3.8, 4) is 5.75 Å². The van der Waals surface area contributed by atoms with Crippen LogP contribution in [0.15, 0.2) is 42.5 Å². The summed E-state index contributed by atoms with van der Waals surface area (Å²) < 4.78 is 44.7. The predicted molar refractivity (Wildman–Crippen MR) is 108 cm³/mol. The van der Waals surface area contributed by atoms with Crippen molar-refractivity contribution in [3.05, 3.63) is 53.7 Å². The summed E-state index contributed by atoms with van der Waals surface area (Å²) in [6, 6.07) is 11.3. The molecule has 1 fully saturated rings. The first-order valence-corrected chi connectivity index (χ1v) is 9.99. The van der Waals surface area contributed by atoms with Gasteiger partial charge in [0.25, 0.3) is 0 Å². The normalized spacial score (nSPS) is 17.8. The first-order chi connectivity index (χ1) is 14.1. The molecule has 1 N–H and O–H groups in total. The summed E-state index contributed by atoms with van der Waals surface area (Å²) in [6.45, 7) is 6.66. The van der Waals surface area contributed by atoms with Crippen LogP contribution in [0.1, 0.15) is 44.5 Å². The number of nitrogens with one attached hydrogen (secondary N) is 1. The molecule has 1 saturated heterocycles. The van der Waals surface area contributed by atoms with Gasteiger partial charge in [-0.15, -0.1) is 0 Å². The van der Waals surface area contributed by atoms with Crippen molar-refractivity contribution in [2.45, 2.75) is 45.5 Å². The van der Waals surface area contributed by atoms with Crippen LogP contribution in [-0.2, 0) is 11.0 Å². The lowest BCUT2D eigenvalue weighted by molar-refractivity contribution is -0.141. The lowest BCUT2D eigenvalue weighted by Crippen LogP contribution is -2.30. The number of aromatic nitrogens is 1. The van der Waals surface area contributed by atoms with Gasteiger partial charge in [-0.05, 0) is 36.8 Å². The van der Waals surface area contributed by atoms with Crippen molar-refractivity contribution in [2.24, 2.45) is 5.92 Å². The molecule has 0 spiro atoms. The minimum atomic E-state index is -4.46. The van der Waals surface area contributed by atoms with E-state index >= 15 is 0 Å². The average molecular weight is 421 g/mol. The first kappa shape index (κ1) is 21.9. The Bertz CT molecular complexity index is 869. The van der Waals surface area contributed by atoms with E-state index in [0.717, 1.165) is 11.6 Å². The average Bonchev–Trinajstić information content (AvgIpc) is 3.16. The molecule has 0 bridgehead atoms. The van der Waals surface area contributed by atoms with Gasteiger partial charge in [0.1, 0.15) is 23.4 Å². The van der Waals surface area contributed by atoms with E-state index in [1.807, 2.05) is 45.0 Å². The summed E-state index contributed by atoms with van der Waals surface area (Å²) >= 11 is 0. The molecule has 1 aromatic heterocycles. The van der Waals surface area contributed by atoms with Gasteiger partial charge in [0.15, 0.2) is 0 Å². The zero-order valence-corrected chi connectivity index (χ0v) is 17.2. The molecule has 2 atom stereocenters. The summed E-state index contributed by atoms with van der Waals surface area (Å²) in [5, 5.41) is 2.95. The lowest BCUT2D eigenvalue weighted by atomic mass is 10.1. The van der Waals surface area contributed by atoms with Crippen molar-refractivity contribution in [2.75, 3.05) is 18.0 Å². The van der Waals surface area contributed by atoms with Gasteiger partial charge in [-0.2, -0.15) is 13.2 Å². The molecule has 1 amide bonds. The zero-order chi connectivity index (χ0) is 21.9. The first-order valence-electron chi connectivity index (χ1n) is 9.99. The second kappa shape index (κ2) is 8.93. The minimum absolute atomic E-state index is 0.00271. The van der Waals surface area contributed by atoms with E-state index in [2.05, 4.69) is 10.3 Å². The molecule has 1 unspecified atom stereocenters. The van der Waals surface area contributed by atoms with Crippen LogP contribution < -0.4 is 15.0 Å². The van der Waals surface area contributed by atoms with Crippen LogP contribution in [0.2, 0.25) is 0 Å². The summed E-state index contributed by atoms with van der Waals surface area (Å²) in [5.41, 5.74) is 0.0798. The predicted octanol–water partition coefficient (Wildman–Crippen LogP) is 4.59. The number of alkyl halides is 3. The number of anilines is 1. The van der Waals surface area contributed by atoms with E-state index in [4.69, 9.17) is 4.74 Å². The van der Waals surface area contributed by atoms with Crippen LogP contribution in [0, 0.1) is 5.92 Å². The van der Waals surface area contributed by atoms with Gasteiger partial charge in [0, 0.05) is 18.9 Å². The van der Waals surface area contributed by atoms with Crippen LogP contribution in [0.3, 0.4) is 0 Å². The summed E-state index contributed by atoms with van der Waals surface area (Å²) in [5.74, 6) is 0.912. The number of nitrogens with zero attached hydrogens (tertiary/aromatic N) is 2. The molecule has 3 rings (SSSR count). The van der Waals surface area contributed by atoms with Gasteiger partial charge < -0.3 is 15.0 Å². The monoisotopic (exact) mass is 421 g/mol. The molecule has 1 aliphatic rings. The molecule has 1 aromatic carbocycles. The molecule has 1 aliphatic heterocycles. The summed E-state index contributed by atoms with van der Waals surface area (Å²) in [7, 11) is 0. The third-order valence-corrected chi connectivity index (χ3v) is 5.06. The zero-order valence-electron chi connectivity index (χ0n) is 17.2. The number of amides is 1. The van der Waals surface area contributed by atoms with Crippen molar-refractivity contribution in [1.82, 2.24) is 10.3 Å². The second-order valence-corrected chi connectivity index (χ2v) is 7.81. The Labute approximate surface area is 174 Å². The van der Waals surface area contributed by atoms with Crippen LogP contribution in [0.25, 0.3) is 0 Å². The molecule has 0 aliphatic carbocycles. The van der Waals surface area contributed by atoms with Gasteiger partial charge in [0.2, 0.25) is 5.91 Å². The quantitative estimate of drug-likeness (QED) is 0.741. The highest BCUT2D eigenvalue weighted by Gasteiger charge is 2.33. The number of rotatable bonds is 6. The number of carbonyl (C=O) groups excluding carboxylic acids is 1. The van der Waals surface area contributed by atoms with Crippen LogP contribution >= 0.6 is 0 Å². The maximum atomic E-state index is 12.9. The standard InChI is InChI=1S/C22H26F3N3O2/c1-14(2)21(29)26-15(3)16-7-9-17(10-8-16)30-18-11-12-28(13-18)20-6-4-5-19(27-20)22(23,24)25/h4-10,14-15,18H,11-13H2,1-3H3,(H,26,29)/t15-,18?/m0/s1. The highest BCUT2D eigenvalue weighted by atomic mass is 19.4. The minimum Gasteiger partial charge on any atom is -0.489 e. The molecule has 0 saturated carbocycles. The van der Waals surface area contributed by atoms with Crippen molar-refractivity contribution in [3.63, 3.8) is 0 Å². The number of pyridine rings is 1. The van der Waals surface area contributed by atoms with Crippen molar-refractivity contribution < 1.29 is 22.7 Å². The van der Waals surface area contributed by atoms with Gasteiger partial charge in [-0.1, -0.05) is 32.0 Å². The second-order valence-electron chi connectivity index (χ2n) is 7.81. The van der Waals surface area contributed by atoms with Gasteiger partial charge in [0.05, 0.1) is 12.6 Å². The largest absolute Gasteiger partial charge is 0.489 e. The third kappa shape index (κ3) is 5.43. The Morgan fingerprint density at radius 3 is 2.50 bits per heavy atom. The number of carbonyl (C=O) groups is 1. The van der Waals surface area contributed by atoms with Crippen LogP contribution in [0.5, 0.6) is 5.75 Å². The topological polar surface area (TPSA) is 54.5 Å². The van der Waals surface area contributed by atoms with Gasteiger partial charge in [-0.3, -0.25) is 4.79 Å². The Hall–Kier alpha value is -2.77. The SMILES string of the molecule is CC(C)C(=O)N[C@@H](C)c1ccc(OC2CCN(c3cccc(C(F)(F)F)n3)C2)cc1. The molecule has 2 heterocycles. The Morgan fingerprint density at radius 2 is 1.87 bits per heavy atom. The lowest BCUT2D eigenvalue weighted by Gasteiger charge is -2.20. The van der Waals surface area contributed by atoms with Crippen molar-refractivity contribution in [1.29, 1.82) is 0 Å². The van der Waals surface area contributed by atoms with E-state index in [9.17, 15) is 18.0 Å². The molecule has 2 aromatic rings. The highest BCUT2D eigenvalue weighted by Crippen LogP contribution is 2.30. The number of hydrogen-bond acceptors (Lipinski definition) is 4. The Kier molecular flexibility index (Phi) is 6.53. The van der Waals surface area contributed by atoms with E-state index in [1.165, 1.54) is 6.07 Å². The van der Waals surface area contributed by atoms with Gasteiger partial charge in [-0.25, -0.2) is 4.98 Å². The fraction of sp³-hybridized carbons (Fsp3) is 0.455. The molecule has 30 heavy (non-hydrogen) atoms. The number of halogens is 3.